The number of rotatable bonds is 6. The van der Waals surface area contributed by atoms with Crippen molar-refractivity contribution >= 4 is 11.6 Å². The van der Waals surface area contributed by atoms with Gasteiger partial charge in [0.25, 0.3) is 0 Å². The molecule has 0 saturated carbocycles. The zero-order valence-corrected chi connectivity index (χ0v) is 12.7. The van der Waals surface area contributed by atoms with Crippen molar-refractivity contribution in [3.63, 3.8) is 0 Å². The molecule has 0 heterocycles. The van der Waals surface area contributed by atoms with Gasteiger partial charge in [0.1, 0.15) is 11.6 Å². The SMILES string of the molecule is COc1ccc(CCC(N)Cc2cccc(F)c2Cl)cc1. The highest BCUT2D eigenvalue weighted by Crippen LogP contribution is 2.21. The predicted molar refractivity (Wildman–Crippen MR) is 84.4 cm³/mol. The van der Waals surface area contributed by atoms with E-state index in [1.54, 1.807) is 13.2 Å². The van der Waals surface area contributed by atoms with E-state index in [1.807, 2.05) is 30.3 Å². The maximum Gasteiger partial charge on any atom is 0.142 e. The van der Waals surface area contributed by atoms with Crippen molar-refractivity contribution in [2.75, 3.05) is 7.11 Å². The second kappa shape index (κ2) is 7.43. The maximum atomic E-state index is 13.4. The zero-order chi connectivity index (χ0) is 15.2. The molecule has 2 nitrogen and oxygen atoms in total. The molecule has 1 unspecified atom stereocenters. The van der Waals surface area contributed by atoms with Crippen LogP contribution in [0, 0.1) is 5.82 Å². The molecule has 2 rings (SSSR count). The minimum Gasteiger partial charge on any atom is -0.497 e. The molecular formula is C17H19ClFNO. The Morgan fingerprint density at radius 3 is 2.57 bits per heavy atom. The first-order valence-corrected chi connectivity index (χ1v) is 7.29. The number of methoxy groups -OCH3 is 1. The number of hydrogen-bond acceptors (Lipinski definition) is 2. The molecule has 0 radical (unpaired) electrons. The van der Waals surface area contributed by atoms with Gasteiger partial charge < -0.3 is 10.5 Å². The summed E-state index contributed by atoms with van der Waals surface area (Å²) in [4.78, 5) is 0. The predicted octanol–water partition coefficient (Wildman–Crippen LogP) is 3.99. The van der Waals surface area contributed by atoms with Crippen LogP contribution in [0.15, 0.2) is 42.5 Å². The van der Waals surface area contributed by atoms with Crippen LogP contribution < -0.4 is 10.5 Å². The Morgan fingerprint density at radius 2 is 1.90 bits per heavy atom. The molecular weight excluding hydrogens is 289 g/mol. The van der Waals surface area contributed by atoms with Crippen LogP contribution in [0.25, 0.3) is 0 Å². The molecule has 112 valence electrons. The van der Waals surface area contributed by atoms with E-state index in [0.717, 1.165) is 24.2 Å². The molecule has 0 saturated heterocycles. The molecule has 0 amide bonds. The number of benzene rings is 2. The number of hydrogen-bond donors (Lipinski definition) is 1. The Labute approximate surface area is 129 Å². The van der Waals surface area contributed by atoms with Crippen molar-refractivity contribution in [3.05, 3.63) is 64.4 Å². The van der Waals surface area contributed by atoms with Gasteiger partial charge >= 0.3 is 0 Å². The van der Waals surface area contributed by atoms with Crippen molar-refractivity contribution in [2.45, 2.75) is 25.3 Å². The van der Waals surface area contributed by atoms with Crippen LogP contribution >= 0.6 is 11.6 Å². The molecule has 0 bridgehead atoms. The lowest BCUT2D eigenvalue weighted by molar-refractivity contribution is 0.414. The molecule has 0 aliphatic heterocycles. The second-order valence-electron chi connectivity index (χ2n) is 5.06. The lowest BCUT2D eigenvalue weighted by atomic mass is 9.99. The van der Waals surface area contributed by atoms with Gasteiger partial charge in [-0.25, -0.2) is 4.39 Å². The Morgan fingerprint density at radius 1 is 1.19 bits per heavy atom. The fraction of sp³-hybridized carbons (Fsp3) is 0.294. The van der Waals surface area contributed by atoms with E-state index in [2.05, 4.69) is 0 Å². The van der Waals surface area contributed by atoms with Gasteiger partial charge in [-0.15, -0.1) is 0 Å². The summed E-state index contributed by atoms with van der Waals surface area (Å²) in [5.41, 5.74) is 8.09. The summed E-state index contributed by atoms with van der Waals surface area (Å²) in [7, 11) is 1.65. The van der Waals surface area contributed by atoms with Gasteiger partial charge in [-0.1, -0.05) is 35.9 Å². The minimum absolute atomic E-state index is 0.0496. The monoisotopic (exact) mass is 307 g/mol. The summed E-state index contributed by atoms with van der Waals surface area (Å²) in [6.07, 6.45) is 2.27. The molecule has 0 fully saturated rings. The van der Waals surface area contributed by atoms with Gasteiger partial charge in [-0.2, -0.15) is 0 Å². The van der Waals surface area contributed by atoms with E-state index in [0.29, 0.717) is 6.42 Å². The second-order valence-corrected chi connectivity index (χ2v) is 5.44. The Bertz CT molecular complexity index is 586. The lowest BCUT2D eigenvalue weighted by Gasteiger charge is -2.13. The van der Waals surface area contributed by atoms with Crippen LogP contribution in [0.3, 0.4) is 0 Å². The number of halogens is 2. The van der Waals surface area contributed by atoms with Crippen molar-refractivity contribution < 1.29 is 9.13 Å². The highest BCUT2D eigenvalue weighted by Gasteiger charge is 2.10. The standard InChI is InChI=1S/C17H19ClFNO/c1-21-15-9-6-12(7-10-15)5-8-14(20)11-13-3-2-4-16(19)17(13)18/h2-4,6-7,9-10,14H,5,8,11,20H2,1H3. The number of ether oxygens (including phenoxy) is 1. The summed E-state index contributed by atoms with van der Waals surface area (Å²) in [6, 6.07) is 12.7. The minimum atomic E-state index is -0.392. The van der Waals surface area contributed by atoms with Crippen LogP contribution in [-0.4, -0.2) is 13.2 Å². The molecule has 0 spiro atoms. The molecule has 0 aliphatic carbocycles. The highest BCUT2D eigenvalue weighted by molar-refractivity contribution is 6.31. The van der Waals surface area contributed by atoms with E-state index in [4.69, 9.17) is 22.1 Å². The molecule has 2 aromatic carbocycles. The Hall–Kier alpha value is -1.58. The average molecular weight is 308 g/mol. The number of nitrogens with two attached hydrogens (primary N) is 1. The van der Waals surface area contributed by atoms with Crippen LogP contribution in [0.1, 0.15) is 17.5 Å². The first-order valence-electron chi connectivity index (χ1n) is 6.91. The van der Waals surface area contributed by atoms with E-state index in [-0.39, 0.29) is 11.1 Å². The summed E-state index contributed by atoms with van der Waals surface area (Å²) < 4.78 is 18.5. The normalized spacial score (nSPS) is 12.2. The first kappa shape index (κ1) is 15.8. The van der Waals surface area contributed by atoms with Crippen molar-refractivity contribution in [2.24, 2.45) is 5.73 Å². The van der Waals surface area contributed by atoms with Gasteiger partial charge in [0, 0.05) is 6.04 Å². The average Bonchev–Trinajstić information content (AvgIpc) is 2.50. The third-order valence-electron chi connectivity index (χ3n) is 3.48. The summed E-state index contributed by atoms with van der Waals surface area (Å²) in [5.74, 6) is 0.450. The van der Waals surface area contributed by atoms with Gasteiger partial charge in [0.15, 0.2) is 0 Å². The molecule has 0 aliphatic rings. The maximum absolute atomic E-state index is 13.4. The van der Waals surface area contributed by atoms with Gasteiger partial charge in [-0.05, 0) is 48.6 Å². The van der Waals surface area contributed by atoms with Gasteiger partial charge in [-0.3, -0.25) is 0 Å². The Balaban J connectivity index is 1.89. The molecule has 1 atom stereocenters. The topological polar surface area (TPSA) is 35.2 Å². The van der Waals surface area contributed by atoms with Crippen LogP contribution in [-0.2, 0) is 12.8 Å². The van der Waals surface area contributed by atoms with Crippen molar-refractivity contribution in [1.82, 2.24) is 0 Å². The molecule has 21 heavy (non-hydrogen) atoms. The lowest BCUT2D eigenvalue weighted by Crippen LogP contribution is -2.23. The summed E-state index contributed by atoms with van der Waals surface area (Å²) in [5, 5.41) is 0.178. The third kappa shape index (κ3) is 4.45. The largest absolute Gasteiger partial charge is 0.497 e. The molecule has 0 aromatic heterocycles. The first-order chi connectivity index (χ1) is 10.1. The van der Waals surface area contributed by atoms with Crippen molar-refractivity contribution in [1.29, 1.82) is 0 Å². The van der Waals surface area contributed by atoms with Gasteiger partial charge in [0.2, 0.25) is 0 Å². The highest BCUT2D eigenvalue weighted by atomic mass is 35.5. The molecule has 4 heteroatoms. The third-order valence-corrected chi connectivity index (χ3v) is 3.90. The summed E-state index contributed by atoms with van der Waals surface area (Å²) >= 11 is 5.94. The van der Waals surface area contributed by atoms with E-state index >= 15 is 0 Å². The van der Waals surface area contributed by atoms with Crippen LogP contribution in [0.4, 0.5) is 4.39 Å². The molecule has 2 N–H and O–H groups in total. The smallest absolute Gasteiger partial charge is 0.142 e. The fourth-order valence-electron chi connectivity index (χ4n) is 2.23. The van der Waals surface area contributed by atoms with Gasteiger partial charge in [0.05, 0.1) is 12.1 Å². The quantitative estimate of drug-likeness (QED) is 0.876. The molecule has 2 aromatic rings. The van der Waals surface area contributed by atoms with Crippen LogP contribution in [0.5, 0.6) is 5.75 Å². The number of aryl methyl sites for hydroxylation is 1. The van der Waals surface area contributed by atoms with Crippen LogP contribution in [0.2, 0.25) is 5.02 Å². The Kier molecular flexibility index (Phi) is 5.59. The van der Waals surface area contributed by atoms with E-state index in [9.17, 15) is 4.39 Å². The zero-order valence-electron chi connectivity index (χ0n) is 12.0. The van der Waals surface area contributed by atoms with E-state index < -0.39 is 5.82 Å². The fourth-order valence-corrected chi connectivity index (χ4v) is 2.44. The van der Waals surface area contributed by atoms with Crippen molar-refractivity contribution in [3.8, 4) is 5.75 Å². The van der Waals surface area contributed by atoms with E-state index in [1.165, 1.54) is 11.6 Å². The summed E-state index contributed by atoms with van der Waals surface area (Å²) in [6.45, 7) is 0.